The smallest absolute Gasteiger partial charge is 0.336 e. The molecule has 2 heterocycles. The second-order valence-corrected chi connectivity index (χ2v) is 10.1. The van der Waals surface area contributed by atoms with Gasteiger partial charge in [0.25, 0.3) is 0 Å². The van der Waals surface area contributed by atoms with Gasteiger partial charge in [-0.05, 0) is 35.9 Å². The summed E-state index contributed by atoms with van der Waals surface area (Å²) in [5, 5.41) is 1.10. The number of hydrogen-bond acceptors (Lipinski definition) is 5. The van der Waals surface area contributed by atoms with Crippen molar-refractivity contribution in [1.29, 1.82) is 0 Å². The fraction of sp³-hybridized carbons (Fsp3) is 0.250. The SMILES string of the molecule is O=c1cc(CN2CCN(S(=O)(=O)c3ccccc3Cl)CC2)c2ccc(Br)cc2o1. The summed E-state index contributed by atoms with van der Waals surface area (Å²) < 4.78 is 33.4. The van der Waals surface area contributed by atoms with E-state index < -0.39 is 15.6 Å². The molecule has 6 nitrogen and oxygen atoms in total. The Morgan fingerprint density at radius 1 is 1.03 bits per heavy atom. The van der Waals surface area contributed by atoms with Crippen molar-refractivity contribution in [3.8, 4) is 0 Å². The lowest BCUT2D eigenvalue weighted by Gasteiger charge is -2.34. The van der Waals surface area contributed by atoms with Gasteiger partial charge in [-0.2, -0.15) is 4.31 Å². The summed E-state index contributed by atoms with van der Waals surface area (Å²) in [6.45, 7) is 2.38. The molecule has 0 spiro atoms. The zero-order valence-corrected chi connectivity index (χ0v) is 18.5. The number of sulfonamides is 1. The highest BCUT2D eigenvalue weighted by atomic mass is 79.9. The van der Waals surface area contributed by atoms with Gasteiger partial charge in [0.1, 0.15) is 10.5 Å². The van der Waals surface area contributed by atoms with Crippen LogP contribution in [0.5, 0.6) is 0 Å². The van der Waals surface area contributed by atoms with Crippen molar-refractivity contribution >= 4 is 48.5 Å². The zero-order valence-electron chi connectivity index (χ0n) is 15.3. The molecule has 1 fully saturated rings. The summed E-state index contributed by atoms with van der Waals surface area (Å²) in [5.74, 6) is 0. The van der Waals surface area contributed by atoms with E-state index in [0.717, 1.165) is 15.4 Å². The molecular formula is C20H18BrClN2O4S. The van der Waals surface area contributed by atoms with Gasteiger partial charge in [0, 0.05) is 48.6 Å². The molecule has 4 rings (SSSR count). The van der Waals surface area contributed by atoms with Crippen molar-refractivity contribution < 1.29 is 12.8 Å². The van der Waals surface area contributed by atoms with Crippen molar-refractivity contribution in [1.82, 2.24) is 9.21 Å². The average Bonchev–Trinajstić information content (AvgIpc) is 2.68. The number of fused-ring (bicyclic) bond motifs is 1. The molecule has 1 saturated heterocycles. The summed E-state index contributed by atoms with van der Waals surface area (Å²) in [6.07, 6.45) is 0. The van der Waals surface area contributed by atoms with Gasteiger partial charge in [0.2, 0.25) is 10.0 Å². The van der Waals surface area contributed by atoms with Gasteiger partial charge in [-0.3, -0.25) is 4.90 Å². The first-order chi connectivity index (χ1) is 13.8. The molecule has 9 heteroatoms. The normalized spacial score (nSPS) is 16.3. The van der Waals surface area contributed by atoms with E-state index >= 15 is 0 Å². The van der Waals surface area contributed by atoms with Crippen LogP contribution in [0.4, 0.5) is 0 Å². The number of nitrogens with zero attached hydrogens (tertiary/aromatic N) is 2. The van der Waals surface area contributed by atoms with Gasteiger partial charge in [0.05, 0.1) is 5.02 Å². The molecular weight excluding hydrogens is 480 g/mol. The predicted molar refractivity (Wildman–Crippen MR) is 116 cm³/mol. The summed E-state index contributed by atoms with van der Waals surface area (Å²) in [5.41, 5.74) is 0.999. The standard InChI is InChI=1S/C20H18BrClN2O4S/c21-15-5-6-16-14(11-20(25)28-18(16)12-15)13-23-7-9-24(10-8-23)29(26,27)19-4-2-1-3-17(19)22/h1-6,11-12H,7-10,13H2. The Morgan fingerprint density at radius 3 is 2.48 bits per heavy atom. The highest BCUT2D eigenvalue weighted by Crippen LogP contribution is 2.26. The van der Waals surface area contributed by atoms with E-state index in [4.69, 9.17) is 16.0 Å². The third-order valence-electron chi connectivity index (χ3n) is 4.97. The molecule has 0 N–H and O–H groups in total. The quantitative estimate of drug-likeness (QED) is 0.514. The number of benzene rings is 2. The van der Waals surface area contributed by atoms with E-state index in [0.29, 0.717) is 38.3 Å². The van der Waals surface area contributed by atoms with Crippen molar-refractivity contribution in [3.05, 3.63) is 74.0 Å². The summed E-state index contributed by atoms with van der Waals surface area (Å²) in [4.78, 5) is 14.2. The topological polar surface area (TPSA) is 70.8 Å². The molecule has 0 amide bonds. The Hall–Kier alpha value is -1.71. The van der Waals surface area contributed by atoms with Crippen LogP contribution in [0.15, 0.2) is 67.1 Å². The molecule has 29 heavy (non-hydrogen) atoms. The first-order valence-corrected chi connectivity index (χ1v) is 11.6. The van der Waals surface area contributed by atoms with Crippen LogP contribution in [-0.2, 0) is 16.6 Å². The minimum atomic E-state index is -3.63. The molecule has 1 aliphatic heterocycles. The lowest BCUT2D eigenvalue weighted by atomic mass is 10.1. The molecule has 3 aromatic rings. The van der Waals surface area contributed by atoms with Crippen LogP contribution in [0.3, 0.4) is 0 Å². The summed E-state index contributed by atoms with van der Waals surface area (Å²) >= 11 is 9.47. The summed E-state index contributed by atoms with van der Waals surface area (Å²) in [6, 6.07) is 13.6. The Kier molecular flexibility index (Phi) is 5.81. The Labute approximate surface area is 181 Å². The molecule has 0 unspecified atom stereocenters. The predicted octanol–water partition coefficient (Wildman–Crippen LogP) is 3.72. The van der Waals surface area contributed by atoms with E-state index in [1.165, 1.54) is 16.4 Å². The maximum atomic E-state index is 12.9. The van der Waals surface area contributed by atoms with Crippen molar-refractivity contribution in [2.45, 2.75) is 11.4 Å². The van der Waals surface area contributed by atoms with Crippen LogP contribution in [-0.4, -0.2) is 43.8 Å². The first-order valence-electron chi connectivity index (χ1n) is 9.04. The number of piperazine rings is 1. The molecule has 1 aliphatic rings. The van der Waals surface area contributed by atoms with Crippen molar-refractivity contribution in [2.75, 3.05) is 26.2 Å². The Bertz CT molecular complexity index is 1220. The average molecular weight is 498 g/mol. The minimum Gasteiger partial charge on any atom is -0.423 e. The molecule has 0 bridgehead atoms. The molecule has 0 radical (unpaired) electrons. The minimum absolute atomic E-state index is 0.132. The largest absolute Gasteiger partial charge is 0.423 e. The molecule has 0 aliphatic carbocycles. The van der Waals surface area contributed by atoms with E-state index in [9.17, 15) is 13.2 Å². The zero-order chi connectivity index (χ0) is 20.6. The van der Waals surface area contributed by atoms with Crippen LogP contribution in [0, 0.1) is 0 Å². The van der Waals surface area contributed by atoms with Gasteiger partial charge in [-0.25, -0.2) is 13.2 Å². The summed E-state index contributed by atoms with van der Waals surface area (Å²) in [7, 11) is -3.63. The molecule has 0 atom stereocenters. The van der Waals surface area contributed by atoms with Crippen LogP contribution >= 0.6 is 27.5 Å². The number of halogens is 2. The number of rotatable bonds is 4. The van der Waals surface area contributed by atoms with Crippen LogP contribution in [0.2, 0.25) is 5.02 Å². The van der Waals surface area contributed by atoms with E-state index in [2.05, 4.69) is 20.8 Å². The second-order valence-electron chi connectivity index (χ2n) is 6.84. The van der Waals surface area contributed by atoms with E-state index in [-0.39, 0.29) is 9.92 Å². The lowest BCUT2D eigenvalue weighted by molar-refractivity contribution is 0.182. The molecule has 1 aromatic heterocycles. The second kappa shape index (κ2) is 8.20. The van der Waals surface area contributed by atoms with Crippen LogP contribution in [0.25, 0.3) is 11.0 Å². The monoisotopic (exact) mass is 496 g/mol. The third-order valence-corrected chi connectivity index (χ3v) is 7.86. The van der Waals surface area contributed by atoms with E-state index in [1.807, 2.05) is 12.1 Å². The Balaban J connectivity index is 1.51. The maximum Gasteiger partial charge on any atom is 0.336 e. The molecule has 152 valence electrons. The fourth-order valence-electron chi connectivity index (χ4n) is 3.50. The number of hydrogen-bond donors (Lipinski definition) is 0. The fourth-order valence-corrected chi connectivity index (χ4v) is 5.75. The van der Waals surface area contributed by atoms with Gasteiger partial charge >= 0.3 is 5.63 Å². The molecule has 0 saturated carbocycles. The van der Waals surface area contributed by atoms with Crippen molar-refractivity contribution in [2.24, 2.45) is 0 Å². The maximum absolute atomic E-state index is 12.9. The third kappa shape index (κ3) is 4.27. The van der Waals surface area contributed by atoms with Crippen LogP contribution < -0.4 is 5.63 Å². The van der Waals surface area contributed by atoms with Gasteiger partial charge < -0.3 is 4.42 Å². The molecule has 2 aromatic carbocycles. The van der Waals surface area contributed by atoms with E-state index in [1.54, 1.807) is 24.3 Å². The van der Waals surface area contributed by atoms with Gasteiger partial charge in [-0.15, -0.1) is 0 Å². The van der Waals surface area contributed by atoms with Gasteiger partial charge in [0.15, 0.2) is 0 Å². The van der Waals surface area contributed by atoms with Crippen LogP contribution in [0.1, 0.15) is 5.56 Å². The Morgan fingerprint density at radius 2 is 1.76 bits per heavy atom. The first kappa shape index (κ1) is 20.6. The highest BCUT2D eigenvalue weighted by Gasteiger charge is 2.30. The highest BCUT2D eigenvalue weighted by molar-refractivity contribution is 9.10. The van der Waals surface area contributed by atoms with Gasteiger partial charge in [-0.1, -0.05) is 39.7 Å². The van der Waals surface area contributed by atoms with Crippen molar-refractivity contribution in [3.63, 3.8) is 0 Å². The lowest BCUT2D eigenvalue weighted by Crippen LogP contribution is -2.48.